The van der Waals surface area contributed by atoms with Gasteiger partial charge in [-0.25, -0.2) is 4.39 Å². The lowest BCUT2D eigenvalue weighted by molar-refractivity contribution is -0.120. The van der Waals surface area contributed by atoms with E-state index in [4.69, 9.17) is 0 Å². The molecule has 1 aliphatic heterocycles. The van der Waals surface area contributed by atoms with Gasteiger partial charge in [-0.1, -0.05) is 42.6 Å². The van der Waals surface area contributed by atoms with Gasteiger partial charge in [-0.15, -0.1) is 0 Å². The molecule has 1 unspecified atom stereocenters. The van der Waals surface area contributed by atoms with Crippen LogP contribution in [0.1, 0.15) is 32.4 Å². The van der Waals surface area contributed by atoms with Gasteiger partial charge in [-0.05, 0) is 44.0 Å². The maximum Gasteiger partial charge on any atom is 0.246 e. The predicted octanol–water partition coefficient (Wildman–Crippen LogP) is 4.00. The number of rotatable bonds is 4. The molecule has 0 aliphatic carbocycles. The van der Waals surface area contributed by atoms with Crippen LogP contribution in [0.2, 0.25) is 0 Å². The summed E-state index contributed by atoms with van der Waals surface area (Å²) in [6.07, 6.45) is 3.50. The minimum Gasteiger partial charge on any atom is -0.304 e. The topological polar surface area (TPSA) is 41.5 Å². The van der Waals surface area contributed by atoms with Crippen molar-refractivity contribution >= 4 is 22.8 Å². The Morgan fingerprint density at radius 1 is 1.45 bits per heavy atom. The van der Waals surface area contributed by atoms with Crippen LogP contribution in [0.3, 0.4) is 0 Å². The van der Waals surface area contributed by atoms with Crippen molar-refractivity contribution in [3.8, 4) is 0 Å². The van der Waals surface area contributed by atoms with Crippen LogP contribution in [0, 0.1) is 5.82 Å². The van der Waals surface area contributed by atoms with Gasteiger partial charge in [0.1, 0.15) is 10.6 Å². The molecule has 1 N–H and O–H groups in total. The molecule has 1 amide bonds. The number of nitrogens with zero attached hydrogens (tertiary/aromatic N) is 1. The minimum atomic E-state index is -0.671. The van der Waals surface area contributed by atoms with Gasteiger partial charge < -0.3 is 5.32 Å². The molecule has 2 rings (SSSR count). The zero-order valence-corrected chi connectivity index (χ0v) is 13.7. The smallest absolute Gasteiger partial charge is 0.246 e. The average Bonchev–Trinajstić information content (AvgIpc) is 2.75. The van der Waals surface area contributed by atoms with E-state index in [2.05, 4.69) is 16.9 Å². The number of benzene rings is 1. The lowest BCUT2D eigenvalue weighted by atomic mass is 10.0. The third-order valence-corrected chi connectivity index (χ3v) is 5.05. The van der Waals surface area contributed by atoms with Crippen molar-refractivity contribution in [1.82, 2.24) is 5.32 Å². The van der Waals surface area contributed by atoms with Gasteiger partial charge >= 0.3 is 0 Å². The fourth-order valence-electron chi connectivity index (χ4n) is 2.13. The Kier molecular flexibility index (Phi) is 4.86. The monoisotopic (exact) mass is 318 g/mol. The largest absolute Gasteiger partial charge is 0.304 e. The molecule has 116 valence electrons. The number of halogens is 1. The van der Waals surface area contributed by atoms with Crippen LogP contribution in [0.5, 0.6) is 0 Å². The Hall–Kier alpha value is -1.88. The van der Waals surface area contributed by atoms with E-state index in [1.54, 1.807) is 18.2 Å². The molecular weight excluding hydrogens is 299 g/mol. The highest BCUT2D eigenvalue weighted by atomic mass is 32.2. The molecule has 0 radical (unpaired) electrons. The summed E-state index contributed by atoms with van der Waals surface area (Å²) >= 11 is 1.39. The first-order valence-corrected chi connectivity index (χ1v) is 7.82. The van der Waals surface area contributed by atoms with Gasteiger partial charge in [0.25, 0.3) is 0 Å². The molecule has 1 aromatic carbocycles. The zero-order chi connectivity index (χ0) is 16.3. The van der Waals surface area contributed by atoms with Crippen LogP contribution in [-0.4, -0.2) is 15.8 Å². The van der Waals surface area contributed by atoms with Gasteiger partial charge in [-0.3, -0.25) is 9.79 Å². The molecule has 1 aromatic rings. The van der Waals surface area contributed by atoms with Crippen molar-refractivity contribution in [3.63, 3.8) is 0 Å². The molecule has 2 atom stereocenters. The van der Waals surface area contributed by atoms with Gasteiger partial charge in [0.05, 0.1) is 6.04 Å². The summed E-state index contributed by atoms with van der Waals surface area (Å²) < 4.78 is 12.3. The number of hydrogen-bond acceptors (Lipinski definition) is 3. The van der Waals surface area contributed by atoms with Crippen LogP contribution in [0.15, 0.2) is 53.6 Å². The van der Waals surface area contributed by atoms with E-state index in [1.807, 2.05) is 26.8 Å². The summed E-state index contributed by atoms with van der Waals surface area (Å²) in [6.45, 7) is 9.35. The number of allylic oxidation sites excluding steroid dienone is 2. The predicted molar refractivity (Wildman–Crippen MR) is 90.3 cm³/mol. The molecule has 3 nitrogen and oxygen atoms in total. The number of amidine groups is 1. The summed E-state index contributed by atoms with van der Waals surface area (Å²) in [6, 6.07) is 6.07. The van der Waals surface area contributed by atoms with Crippen molar-refractivity contribution in [1.29, 1.82) is 0 Å². The van der Waals surface area contributed by atoms with Crippen molar-refractivity contribution in [3.05, 3.63) is 60.0 Å². The molecule has 0 bridgehead atoms. The SMILES string of the molecule is C=C/C=C(\C)C1(C)SC(=N[C@@H](C)c2ccc(F)cc2)NC1=O. The summed E-state index contributed by atoms with van der Waals surface area (Å²) in [5, 5.41) is 3.41. The second kappa shape index (κ2) is 6.48. The fourth-order valence-corrected chi connectivity index (χ4v) is 3.24. The Bertz CT molecular complexity index is 651. The molecule has 1 saturated heterocycles. The van der Waals surface area contributed by atoms with E-state index in [0.29, 0.717) is 5.17 Å². The van der Waals surface area contributed by atoms with E-state index in [9.17, 15) is 9.18 Å². The third-order valence-electron chi connectivity index (χ3n) is 3.74. The normalized spacial score (nSPS) is 25.2. The highest BCUT2D eigenvalue weighted by Crippen LogP contribution is 2.38. The van der Waals surface area contributed by atoms with Gasteiger partial charge in [0, 0.05) is 0 Å². The first-order valence-electron chi connectivity index (χ1n) is 7.00. The van der Waals surface area contributed by atoms with E-state index in [0.717, 1.165) is 11.1 Å². The number of aliphatic imine (C=N–C) groups is 1. The van der Waals surface area contributed by atoms with Gasteiger partial charge in [-0.2, -0.15) is 0 Å². The van der Waals surface area contributed by atoms with E-state index >= 15 is 0 Å². The fraction of sp³-hybridized carbons (Fsp3) is 0.294. The minimum absolute atomic E-state index is 0.0850. The second-order valence-electron chi connectivity index (χ2n) is 5.34. The summed E-state index contributed by atoms with van der Waals surface area (Å²) in [7, 11) is 0. The summed E-state index contributed by atoms with van der Waals surface area (Å²) in [4.78, 5) is 16.8. The number of amides is 1. The van der Waals surface area contributed by atoms with Crippen molar-refractivity contribution < 1.29 is 9.18 Å². The summed E-state index contributed by atoms with van der Waals surface area (Å²) in [5.41, 5.74) is 1.82. The average molecular weight is 318 g/mol. The Morgan fingerprint density at radius 2 is 2.09 bits per heavy atom. The molecule has 22 heavy (non-hydrogen) atoms. The van der Waals surface area contributed by atoms with E-state index in [1.165, 1.54) is 23.9 Å². The standard InChI is InChI=1S/C17H19FN2OS/c1-5-6-11(2)17(4)15(21)20-16(22-17)19-12(3)13-7-9-14(18)10-8-13/h5-10,12H,1H2,2-4H3,(H,19,20,21)/b11-6+/t12-,17?/m0/s1. The van der Waals surface area contributed by atoms with Crippen molar-refractivity contribution in [2.24, 2.45) is 4.99 Å². The number of nitrogens with one attached hydrogen (secondary N) is 1. The third kappa shape index (κ3) is 3.30. The van der Waals surface area contributed by atoms with Crippen LogP contribution < -0.4 is 5.32 Å². The molecular formula is C17H19FN2OS. The van der Waals surface area contributed by atoms with Gasteiger partial charge in [0.15, 0.2) is 5.17 Å². The maximum absolute atomic E-state index is 13.0. The van der Waals surface area contributed by atoms with Crippen molar-refractivity contribution in [2.45, 2.75) is 31.6 Å². The number of carbonyl (C=O) groups is 1. The summed E-state index contributed by atoms with van der Waals surface area (Å²) in [5.74, 6) is -0.358. The van der Waals surface area contributed by atoms with E-state index in [-0.39, 0.29) is 17.8 Å². The number of carbonyl (C=O) groups excluding carboxylic acids is 1. The maximum atomic E-state index is 13.0. The molecule has 0 spiro atoms. The molecule has 5 heteroatoms. The Morgan fingerprint density at radius 3 is 2.68 bits per heavy atom. The molecule has 1 aliphatic rings. The number of thioether (sulfide) groups is 1. The highest BCUT2D eigenvalue weighted by molar-refractivity contribution is 8.16. The van der Waals surface area contributed by atoms with Crippen LogP contribution in [0.4, 0.5) is 4.39 Å². The van der Waals surface area contributed by atoms with E-state index < -0.39 is 4.75 Å². The molecule has 0 aromatic heterocycles. The lowest BCUT2D eigenvalue weighted by Gasteiger charge is -2.19. The first kappa shape index (κ1) is 16.5. The quantitative estimate of drug-likeness (QED) is 0.853. The number of hydrogen-bond donors (Lipinski definition) is 1. The molecule has 1 fully saturated rings. The highest BCUT2D eigenvalue weighted by Gasteiger charge is 2.43. The van der Waals surface area contributed by atoms with Crippen molar-refractivity contribution in [2.75, 3.05) is 0 Å². The van der Waals surface area contributed by atoms with Crippen LogP contribution in [0.25, 0.3) is 0 Å². The van der Waals surface area contributed by atoms with Crippen LogP contribution in [-0.2, 0) is 4.79 Å². The van der Waals surface area contributed by atoms with Gasteiger partial charge in [0.2, 0.25) is 5.91 Å². The van der Waals surface area contributed by atoms with Crippen LogP contribution >= 0.6 is 11.8 Å². The lowest BCUT2D eigenvalue weighted by Crippen LogP contribution is -2.34. The first-order chi connectivity index (χ1) is 10.4. The Balaban J connectivity index is 2.21. The Labute approximate surface area is 134 Å². The second-order valence-corrected chi connectivity index (χ2v) is 6.74. The zero-order valence-electron chi connectivity index (χ0n) is 12.9. The molecule has 0 saturated carbocycles. The molecule has 1 heterocycles.